The number of aromatic nitrogens is 3. The van der Waals surface area contributed by atoms with Gasteiger partial charge in [0.2, 0.25) is 5.88 Å². The minimum Gasteiger partial charge on any atom is -0.477 e. The lowest BCUT2D eigenvalue weighted by Gasteiger charge is -2.18. The molecule has 4 rings (SSSR count). The number of carboxylic acids is 1. The van der Waals surface area contributed by atoms with Crippen molar-refractivity contribution in [2.45, 2.75) is 40.0 Å². The van der Waals surface area contributed by atoms with E-state index in [0.717, 1.165) is 11.3 Å². The molecule has 0 fully saturated rings. The molecule has 2 N–H and O–H groups in total. The second kappa shape index (κ2) is 8.62. The Morgan fingerprint density at radius 2 is 1.65 bits per heavy atom. The van der Waals surface area contributed by atoms with Gasteiger partial charge in [0.05, 0.1) is 17.1 Å². The van der Waals surface area contributed by atoms with E-state index in [9.17, 15) is 14.7 Å². The number of nitrogens with one attached hydrogen (secondary N) is 1. The van der Waals surface area contributed by atoms with Gasteiger partial charge >= 0.3 is 5.97 Å². The Morgan fingerprint density at radius 1 is 1.00 bits per heavy atom. The Morgan fingerprint density at radius 3 is 2.24 bits per heavy atom. The van der Waals surface area contributed by atoms with Crippen LogP contribution in [0.2, 0.25) is 0 Å². The number of amides is 1. The molecule has 8 heteroatoms. The second-order valence-electron chi connectivity index (χ2n) is 9.12. The number of hydrogen-bond donors (Lipinski definition) is 2. The molecule has 0 unspecified atom stereocenters. The standard InChI is InChI=1S/C26H26N4O4/c1-15-20(16(2)30(28-15)19-9-7-6-8-10-19)22-21(25(32)33)24(34-29-22)27-23(31)17-11-13-18(14-12-17)26(3,4)5/h6-14H,1-5H3,(H,27,31)(H,32,33). The van der Waals surface area contributed by atoms with Crippen LogP contribution in [-0.2, 0) is 5.41 Å². The van der Waals surface area contributed by atoms with E-state index in [1.54, 1.807) is 23.7 Å². The number of carboxylic acid groups (broad SMARTS) is 1. The van der Waals surface area contributed by atoms with Gasteiger partial charge in [-0.05, 0) is 49.1 Å². The van der Waals surface area contributed by atoms with Crippen LogP contribution in [0.15, 0.2) is 59.1 Å². The third kappa shape index (κ3) is 4.22. The first-order valence-electron chi connectivity index (χ1n) is 10.8. The highest BCUT2D eigenvalue weighted by molar-refractivity contribution is 6.08. The van der Waals surface area contributed by atoms with Crippen molar-refractivity contribution in [3.8, 4) is 16.9 Å². The van der Waals surface area contributed by atoms with Gasteiger partial charge in [-0.25, -0.2) is 9.48 Å². The number of anilines is 1. The molecule has 0 aliphatic carbocycles. The molecule has 2 aromatic heterocycles. The van der Waals surface area contributed by atoms with Gasteiger partial charge in [0.25, 0.3) is 5.91 Å². The Labute approximate surface area is 197 Å². The van der Waals surface area contributed by atoms with Gasteiger partial charge in [0, 0.05) is 11.1 Å². The molecule has 2 aromatic carbocycles. The average molecular weight is 459 g/mol. The smallest absolute Gasteiger partial charge is 0.343 e. The van der Waals surface area contributed by atoms with Crippen molar-refractivity contribution in [2.24, 2.45) is 0 Å². The Bertz CT molecular complexity index is 1360. The van der Waals surface area contributed by atoms with Crippen LogP contribution in [0.4, 0.5) is 5.88 Å². The molecule has 34 heavy (non-hydrogen) atoms. The summed E-state index contributed by atoms with van der Waals surface area (Å²) in [6.07, 6.45) is 0. The topological polar surface area (TPSA) is 110 Å². The van der Waals surface area contributed by atoms with Gasteiger partial charge in [-0.2, -0.15) is 5.10 Å². The predicted octanol–water partition coefficient (Wildman–Crippen LogP) is 5.39. The largest absolute Gasteiger partial charge is 0.477 e. The van der Waals surface area contributed by atoms with Gasteiger partial charge in [0.1, 0.15) is 5.69 Å². The maximum atomic E-state index is 12.8. The summed E-state index contributed by atoms with van der Waals surface area (Å²) in [5, 5.41) is 21.1. The number of benzene rings is 2. The molecule has 4 aromatic rings. The van der Waals surface area contributed by atoms with E-state index in [2.05, 4.69) is 36.3 Å². The molecular formula is C26H26N4O4. The van der Waals surface area contributed by atoms with E-state index in [4.69, 9.17) is 4.52 Å². The third-order valence-electron chi connectivity index (χ3n) is 5.68. The summed E-state index contributed by atoms with van der Waals surface area (Å²) in [6, 6.07) is 16.7. The van der Waals surface area contributed by atoms with Crippen LogP contribution in [-0.4, -0.2) is 31.9 Å². The number of hydrogen-bond acceptors (Lipinski definition) is 5. The summed E-state index contributed by atoms with van der Waals surface area (Å²) in [4.78, 5) is 25.0. The lowest BCUT2D eigenvalue weighted by molar-refractivity contribution is 0.0698. The van der Waals surface area contributed by atoms with Crippen LogP contribution in [0, 0.1) is 13.8 Å². The molecule has 0 radical (unpaired) electrons. The first kappa shape index (κ1) is 23.0. The van der Waals surface area contributed by atoms with E-state index >= 15 is 0 Å². The highest BCUT2D eigenvalue weighted by Crippen LogP contribution is 2.34. The summed E-state index contributed by atoms with van der Waals surface area (Å²) in [5.74, 6) is -1.97. The summed E-state index contributed by atoms with van der Waals surface area (Å²) < 4.78 is 7.03. The molecule has 0 bridgehead atoms. The van der Waals surface area contributed by atoms with E-state index < -0.39 is 11.9 Å². The Hall–Kier alpha value is -4.20. The lowest BCUT2D eigenvalue weighted by Crippen LogP contribution is -2.15. The van der Waals surface area contributed by atoms with Crippen LogP contribution >= 0.6 is 0 Å². The second-order valence-corrected chi connectivity index (χ2v) is 9.12. The quantitative estimate of drug-likeness (QED) is 0.415. The van der Waals surface area contributed by atoms with Crippen molar-refractivity contribution in [1.82, 2.24) is 14.9 Å². The maximum absolute atomic E-state index is 12.8. The minimum absolute atomic E-state index is 0.0504. The first-order chi connectivity index (χ1) is 16.1. The fraction of sp³-hybridized carbons (Fsp3) is 0.231. The molecule has 0 saturated heterocycles. The summed E-state index contributed by atoms with van der Waals surface area (Å²) >= 11 is 0. The minimum atomic E-state index is -1.26. The van der Waals surface area contributed by atoms with Gasteiger partial charge < -0.3 is 9.63 Å². The van der Waals surface area contributed by atoms with Crippen LogP contribution in [0.5, 0.6) is 0 Å². The van der Waals surface area contributed by atoms with Crippen LogP contribution in [0.3, 0.4) is 0 Å². The number of rotatable bonds is 5. The lowest BCUT2D eigenvalue weighted by atomic mass is 9.87. The predicted molar refractivity (Wildman–Crippen MR) is 129 cm³/mol. The number of carbonyl (C=O) groups excluding carboxylic acids is 1. The van der Waals surface area contributed by atoms with Crippen LogP contribution < -0.4 is 5.32 Å². The summed E-state index contributed by atoms with van der Waals surface area (Å²) in [6.45, 7) is 9.86. The zero-order chi connectivity index (χ0) is 24.6. The van der Waals surface area contributed by atoms with E-state index in [1.165, 1.54) is 0 Å². The van der Waals surface area contributed by atoms with Crippen molar-refractivity contribution < 1.29 is 19.2 Å². The first-order valence-corrected chi connectivity index (χ1v) is 10.8. The molecule has 2 heterocycles. The molecule has 0 aliphatic heterocycles. The molecule has 0 saturated carbocycles. The third-order valence-corrected chi connectivity index (χ3v) is 5.68. The average Bonchev–Trinajstić information content (AvgIpc) is 3.33. The fourth-order valence-corrected chi connectivity index (χ4v) is 3.85. The normalized spacial score (nSPS) is 11.4. The number of aryl methyl sites for hydroxylation is 1. The van der Waals surface area contributed by atoms with Gasteiger partial charge in [-0.15, -0.1) is 0 Å². The zero-order valence-corrected chi connectivity index (χ0v) is 19.7. The van der Waals surface area contributed by atoms with Crippen molar-refractivity contribution in [2.75, 3.05) is 5.32 Å². The number of carbonyl (C=O) groups is 2. The van der Waals surface area contributed by atoms with Crippen LogP contribution in [0.1, 0.15) is 58.4 Å². The SMILES string of the molecule is Cc1nn(-c2ccccc2)c(C)c1-c1noc(NC(=O)c2ccc(C(C)(C)C)cc2)c1C(=O)O. The fourth-order valence-electron chi connectivity index (χ4n) is 3.85. The molecule has 0 aliphatic rings. The number of nitrogens with zero attached hydrogens (tertiary/aromatic N) is 3. The van der Waals surface area contributed by atoms with Crippen LogP contribution in [0.25, 0.3) is 16.9 Å². The van der Waals surface area contributed by atoms with E-state index in [0.29, 0.717) is 22.5 Å². The molecule has 8 nitrogen and oxygen atoms in total. The van der Waals surface area contributed by atoms with Crippen molar-refractivity contribution in [1.29, 1.82) is 0 Å². The van der Waals surface area contributed by atoms with Gasteiger partial charge in [-0.1, -0.05) is 56.3 Å². The molecule has 1 amide bonds. The molecule has 174 valence electrons. The molecule has 0 spiro atoms. The summed E-state index contributed by atoms with van der Waals surface area (Å²) in [5.41, 5.74) is 3.97. The van der Waals surface area contributed by atoms with Crippen molar-refractivity contribution in [3.05, 3.63) is 82.7 Å². The van der Waals surface area contributed by atoms with E-state index in [1.807, 2.05) is 49.4 Å². The van der Waals surface area contributed by atoms with Crippen molar-refractivity contribution in [3.63, 3.8) is 0 Å². The zero-order valence-electron chi connectivity index (χ0n) is 19.7. The van der Waals surface area contributed by atoms with Gasteiger partial charge in [-0.3, -0.25) is 10.1 Å². The monoisotopic (exact) mass is 458 g/mol. The van der Waals surface area contributed by atoms with E-state index in [-0.39, 0.29) is 22.6 Å². The summed E-state index contributed by atoms with van der Waals surface area (Å²) in [7, 11) is 0. The number of para-hydroxylation sites is 1. The Kier molecular flexibility index (Phi) is 5.83. The number of aromatic carboxylic acids is 1. The van der Waals surface area contributed by atoms with Crippen molar-refractivity contribution >= 4 is 17.8 Å². The molecular weight excluding hydrogens is 432 g/mol. The highest BCUT2D eigenvalue weighted by Gasteiger charge is 2.29. The Balaban J connectivity index is 1.69. The molecule has 0 atom stereocenters. The maximum Gasteiger partial charge on any atom is 0.343 e. The van der Waals surface area contributed by atoms with Gasteiger partial charge in [0.15, 0.2) is 5.56 Å². The highest BCUT2D eigenvalue weighted by atomic mass is 16.5.